The molecule has 1 fully saturated rings. The van der Waals surface area contributed by atoms with Crippen LogP contribution in [-0.4, -0.2) is 26.6 Å². The predicted octanol–water partition coefficient (Wildman–Crippen LogP) is 2.78. The van der Waals surface area contributed by atoms with Gasteiger partial charge >= 0.3 is 7.12 Å². The largest absolute Gasteiger partial charge is 0.543 e. The highest BCUT2D eigenvalue weighted by molar-refractivity contribution is 6.70. The van der Waals surface area contributed by atoms with Crippen LogP contribution in [-0.2, 0) is 9.31 Å². The van der Waals surface area contributed by atoms with Gasteiger partial charge in [-0.2, -0.15) is 0 Å². The standard InChI is InChI=1S/C15H26BNO3Si/c1-14(2)15(3,4)20-16(19-14)11-8-9-13(12(17)10-11)18-21(5,6)7/h8-10H,17H2,1-7H3. The fourth-order valence-electron chi connectivity index (χ4n) is 2.12. The van der Waals surface area contributed by atoms with Crippen molar-refractivity contribution >= 4 is 26.6 Å². The zero-order chi connectivity index (χ0) is 16.1. The van der Waals surface area contributed by atoms with Crippen LogP contribution in [0.25, 0.3) is 0 Å². The molecule has 2 N–H and O–H groups in total. The van der Waals surface area contributed by atoms with E-state index < -0.39 is 15.4 Å². The molecule has 0 aliphatic carbocycles. The van der Waals surface area contributed by atoms with E-state index in [1.807, 2.05) is 45.9 Å². The summed E-state index contributed by atoms with van der Waals surface area (Å²) in [6, 6.07) is 5.76. The molecule has 2 rings (SSSR count). The van der Waals surface area contributed by atoms with E-state index in [9.17, 15) is 0 Å². The van der Waals surface area contributed by atoms with Gasteiger partial charge in [-0.15, -0.1) is 0 Å². The fraction of sp³-hybridized carbons (Fsp3) is 0.600. The van der Waals surface area contributed by atoms with Crippen LogP contribution in [0.5, 0.6) is 5.75 Å². The van der Waals surface area contributed by atoms with Crippen LogP contribution in [0.15, 0.2) is 18.2 Å². The second-order valence-corrected chi connectivity index (χ2v) is 12.0. The van der Waals surface area contributed by atoms with Gasteiger partial charge in [-0.1, -0.05) is 6.07 Å². The summed E-state index contributed by atoms with van der Waals surface area (Å²) >= 11 is 0. The minimum atomic E-state index is -1.67. The monoisotopic (exact) mass is 307 g/mol. The Labute approximate surface area is 129 Å². The first-order valence-corrected chi connectivity index (χ1v) is 10.8. The number of nitrogen functional groups attached to an aromatic ring is 1. The number of nitrogens with two attached hydrogens (primary N) is 1. The van der Waals surface area contributed by atoms with Crippen molar-refractivity contribution in [2.75, 3.05) is 5.73 Å². The summed E-state index contributed by atoms with van der Waals surface area (Å²) in [6.45, 7) is 14.6. The summed E-state index contributed by atoms with van der Waals surface area (Å²) in [5, 5.41) is 0. The molecule has 21 heavy (non-hydrogen) atoms. The summed E-state index contributed by atoms with van der Waals surface area (Å²) < 4.78 is 18.0. The molecule has 0 amide bonds. The first-order chi connectivity index (χ1) is 9.41. The molecule has 6 heteroatoms. The molecular weight excluding hydrogens is 281 g/mol. The van der Waals surface area contributed by atoms with Gasteiger partial charge in [-0.3, -0.25) is 0 Å². The van der Waals surface area contributed by atoms with Crippen molar-refractivity contribution in [2.24, 2.45) is 0 Å². The van der Waals surface area contributed by atoms with Gasteiger partial charge < -0.3 is 19.5 Å². The van der Waals surface area contributed by atoms with Crippen LogP contribution in [0.3, 0.4) is 0 Å². The van der Waals surface area contributed by atoms with Crippen LogP contribution in [0.4, 0.5) is 5.69 Å². The molecule has 1 aliphatic heterocycles. The Balaban J connectivity index is 2.22. The third kappa shape index (κ3) is 3.44. The molecule has 0 spiro atoms. The summed E-state index contributed by atoms with van der Waals surface area (Å²) in [5.74, 6) is 0.745. The van der Waals surface area contributed by atoms with E-state index in [0.717, 1.165) is 11.2 Å². The van der Waals surface area contributed by atoms with Crippen LogP contribution in [0.1, 0.15) is 27.7 Å². The molecule has 1 saturated heterocycles. The van der Waals surface area contributed by atoms with Crippen molar-refractivity contribution < 1.29 is 13.7 Å². The molecule has 1 aromatic rings. The van der Waals surface area contributed by atoms with Gasteiger partial charge in [0.05, 0.1) is 16.9 Å². The van der Waals surface area contributed by atoms with Gasteiger partial charge in [0.2, 0.25) is 8.32 Å². The SMILES string of the molecule is CC1(C)OB(c2ccc(O[Si](C)(C)C)c(N)c2)OC1(C)C. The van der Waals surface area contributed by atoms with E-state index in [4.69, 9.17) is 19.5 Å². The predicted molar refractivity (Wildman–Crippen MR) is 90.5 cm³/mol. The second-order valence-electron chi connectivity index (χ2n) is 7.60. The van der Waals surface area contributed by atoms with Crippen molar-refractivity contribution in [2.45, 2.75) is 58.5 Å². The van der Waals surface area contributed by atoms with Crippen LogP contribution < -0.4 is 15.6 Å². The molecule has 0 atom stereocenters. The number of hydrogen-bond acceptors (Lipinski definition) is 4. The summed E-state index contributed by atoms with van der Waals surface area (Å²) in [7, 11) is -2.06. The summed E-state index contributed by atoms with van der Waals surface area (Å²) in [6.07, 6.45) is 0. The number of hydrogen-bond donors (Lipinski definition) is 1. The Morgan fingerprint density at radius 2 is 1.57 bits per heavy atom. The molecule has 0 bridgehead atoms. The quantitative estimate of drug-likeness (QED) is 0.689. The van der Waals surface area contributed by atoms with E-state index in [1.54, 1.807) is 0 Å². The van der Waals surface area contributed by atoms with E-state index in [2.05, 4.69) is 19.6 Å². The van der Waals surface area contributed by atoms with Crippen molar-refractivity contribution in [1.29, 1.82) is 0 Å². The lowest BCUT2D eigenvalue weighted by atomic mass is 9.79. The zero-order valence-electron chi connectivity index (χ0n) is 14.1. The smallest absolute Gasteiger partial charge is 0.494 e. The Kier molecular flexibility index (Phi) is 3.93. The molecule has 0 saturated carbocycles. The third-order valence-corrected chi connectivity index (χ3v) is 4.81. The van der Waals surface area contributed by atoms with E-state index in [-0.39, 0.29) is 11.2 Å². The van der Waals surface area contributed by atoms with Crippen molar-refractivity contribution in [3.8, 4) is 5.75 Å². The molecule has 0 radical (unpaired) electrons. The maximum atomic E-state index is 6.12. The second kappa shape index (κ2) is 5.04. The Morgan fingerprint density at radius 1 is 1.05 bits per heavy atom. The maximum Gasteiger partial charge on any atom is 0.494 e. The van der Waals surface area contributed by atoms with Crippen molar-refractivity contribution in [3.63, 3.8) is 0 Å². The number of rotatable bonds is 3. The van der Waals surface area contributed by atoms with E-state index in [0.29, 0.717) is 5.69 Å². The van der Waals surface area contributed by atoms with Crippen molar-refractivity contribution in [1.82, 2.24) is 0 Å². The van der Waals surface area contributed by atoms with Gasteiger partial charge in [-0.25, -0.2) is 0 Å². The highest BCUT2D eigenvalue weighted by Gasteiger charge is 2.51. The van der Waals surface area contributed by atoms with Gasteiger partial charge in [0, 0.05) is 0 Å². The Morgan fingerprint density at radius 3 is 2.00 bits per heavy atom. The average Bonchev–Trinajstić information content (AvgIpc) is 2.49. The highest BCUT2D eigenvalue weighted by Crippen LogP contribution is 2.36. The van der Waals surface area contributed by atoms with Crippen LogP contribution in [0.2, 0.25) is 19.6 Å². The van der Waals surface area contributed by atoms with Gasteiger partial charge in [0.1, 0.15) is 5.75 Å². The first kappa shape index (κ1) is 16.4. The summed E-state index contributed by atoms with van der Waals surface area (Å²) in [5.41, 5.74) is 6.98. The average molecular weight is 307 g/mol. The van der Waals surface area contributed by atoms with Gasteiger partial charge in [-0.05, 0) is 64.9 Å². The Bertz CT molecular complexity index is 524. The topological polar surface area (TPSA) is 53.7 Å². The first-order valence-electron chi connectivity index (χ1n) is 7.35. The maximum absolute atomic E-state index is 6.12. The normalized spacial score (nSPS) is 20.6. The molecule has 4 nitrogen and oxygen atoms in total. The highest BCUT2D eigenvalue weighted by atomic mass is 28.4. The van der Waals surface area contributed by atoms with Crippen LogP contribution >= 0.6 is 0 Å². The number of anilines is 1. The molecule has 1 aromatic carbocycles. The minimum absolute atomic E-state index is 0.347. The van der Waals surface area contributed by atoms with Crippen molar-refractivity contribution in [3.05, 3.63) is 18.2 Å². The minimum Gasteiger partial charge on any atom is -0.543 e. The van der Waals surface area contributed by atoms with E-state index >= 15 is 0 Å². The van der Waals surface area contributed by atoms with E-state index in [1.165, 1.54) is 0 Å². The molecular formula is C15H26BNO3Si. The lowest BCUT2D eigenvalue weighted by Gasteiger charge is -2.32. The lowest BCUT2D eigenvalue weighted by molar-refractivity contribution is 0.00578. The molecule has 0 aromatic heterocycles. The lowest BCUT2D eigenvalue weighted by Crippen LogP contribution is -2.41. The number of benzene rings is 1. The molecule has 116 valence electrons. The van der Waals surface area contributed by atoms with Gasteiger partial charge in [0.25, 0.3) is 0 Å². The molecule has 1 aliphatic rings. The fourth-order valence-corrected chi connectivity index (χ4v) is 2.96. The summed E-state index contributed by atoms with van der Waals surface area (Å²) in [4.78, 5) is 0. The molecule has 0 unspecified atom stereocenters. The zero-order valence-corrected chi connectivity index (χ0v) is 15.1. The Hall–Kier alpha value is -0.978. The third-order valence-electron chi connectivity index (χ3n) is 3.98. The molecule has 1 heterocycles. The van der Waals surface area contributed by atoms with Gasteiger partial charge in [0.15, 0.2) is 0 Å². The van der Waals surface area contributed by atoms with Crippen LogP contribution in [0, 0.1) is 0 Å².